The van der Waals surface area contributed by atoms with E-state index >= 15 is 0 Å². The van der Waals surface area contributed by atoms with Crippen molar-refractivity contribution in [3.05, 3.63) is 35.1 Å². The molecule has 0 amide bonds. The minimum Gasteiger partial charge on any atom is -0.326 e. The Hall–Kier alpha value is -0.930. The number of nitrogens with two attached hydrogens (primary N) is 1. The molecule has 92 valence electrons. The molecule has 0 unspecified atom stereocenters. The molecular weight excluding hydrogens is 215 g/mol. The Kier molecular flexibility index (Phi) is 2.89. The zero-order valence-corrected chi connectivity index (χ0v) is 10.0. The van der Waals surface area contributed by atoms with Crippen LogP contribution in [0.1, 0.15) is 36.8 Å². The summed E-state index contributed by atoms with van der Waals surface area (Å²) in [4.78, 5) is 2.55. The van der Waals surface area contributed by atoms with Gasteiger partial charge in [-0.25, -0.2) is 4.39 Å². The zero-order chi connectivity index (χ0) is 11.8. The Balaban J connectivity index is 1.83. The van der Waals surface area contributed by atoms with E-state index in [1.165, 1.54) is 31.7 Å². The van der Waals surface area contributed by atoms with Crippen LogP contribution in [0.3, 0.4) is 0 Å². The lowest BCUT2D eigenvalue weighted by Crippen LogP contribution is -2.28. The SMILES string of the molecule is NCc1c(F)cccc1CN1C2CCC1CC2. The molecule has 1 aromatic rings. The highest BCUT2D eigenvalue weighted by molar-refractivity contribution is 5.29. The molecule has 0 aliphatic carbocycles. The van der Waals surface area contributed by atoms with Gasteiger partial charge in [0.1, 0.15) is 5.82 Å². The molecule has 0 radical (unpaired) electrons. The fourth-order valence-corrected chi connectivity index (χ4v) is 3.45. The average Bonchev–Trinajstić information content (AvgIpc) is 2.89. The van der Waals surface area contributed by atoms with E-state index in [1.807, 2.05) is 6.07 Å². The first-order valence-corrected chi connectivity index (χ1v) is 6.51. The molecule has 2 heterocycles. The van der Waals surface area contributed by atoms with E-state index in [1.54, 1.807) is 6.07 Å². The van der Waals surface area contributed by atoms with Gasteiger partial charge < -0.3 is 5.73 Å². The predicted octanol–water partition coefficient (Wildman–Crippen LogP) is 2.41. The molecule has 2 aliphatic heterocycles. The Labute approximate surface area is 102 Å². The minimum absolute atomic E-state index is 0.156. The number of benzene rings is 1. The molecule has 2 aliphatic rings. The summed E-state index contributed by atoms with van der Waals surface area (Å²) >= 11 is 0. The van der Waals surface area contributed by atoms with Crippen LogP contribution in [0.25, 0.3) is 0 Å². The van der Waals surface area contributed by atoms with Gasteiger partial charge in [0.15, 0.2) is 0 Å². The third-order valence-corrected chi connectivity index (χ3v) is 4.38. The molecule has 2 N–H and O–H groups in total. The van der Waals surface area contributed by atoms with Crippen molar-refractivity contribution in [2.45, 2.75) is 50.9 Å². The molecule has 2 nitrogen and oxygen atoms in total. The lowest BCUT2D eigenvalue weighted by molar-refractivity contribution is 0.243. The van der Waals surface area contributed by atoms with Crippen molar-refractivity contribution in [1.82, 2.24) is 4.90 Å². The van der Waals surface area contributed by atoms with Crippen LogP contribution in [0.2, 0.25) is 0 Å². The maximum atomic E-state index is 13.6. The van der Waals surface area contributed by atoms with Crippen molar-refractivity contribution >= 4 is 0 Å². The minimum atomic E-state index is -0.156. The largest absolute Gasteiger partial charge is 0.326 e. The van der Waals surface area contributed by atoms with Crippen molar-refractivity contribution in [3.8, 4) is 0 Å². The summed E-state index contributed by atoms with van der Waals surface area (Å²) in [5, 5.41) is 0. The Morgan fingerprint density at radius 3 is 2.41 bits per heavy atom. The predicted molar refractivity (Wildman–Crippen MR) is 65.9 cm³/mol. The summed E-state index contributed by atoms with van der Waals surface area (Å²) in [7, 11) is 0. The molecule has 2 bridgehead atoms. The van der Waals surface area contributed by atoms with Crippen LogP contribution in [-0.4, -0.2) is 17.0 Å². The topological polar surface area (TPSA) is 29.3 Å². The van der Waals surface area contributed by atoms with Gasteiger partial charge in [0.2, 0.25) is 0 Å². The first kappa shape index (κ1) is 11.2. The van der Waals surface area contributed by atoms with Gasteiger partial charge in [-0.3, -0.25) is 4.90 Å². The van der Waals surface area contributed by atoms with Gasteiger partial charge in [-0.2, -0.15) is 0 Å². The number of halogens is 1. The Bertz CT molecular complexity index is 399. The summed E-state index contributed by atoms with van der Waals surface area (Å²) in [6.45, 7) is 1.17. The first-order chi connectivity index (χ1) is 8.29. The highest BCUT2D eigenvalue weighted by Gasteiger charge is 2.39. The maximum Gasteiger partial charge on any atom is 0.128 e. The van der Waals surface area contributed by atoms with Crippen molar-refractivity contribution in [2.24, 2.45) is 5.73 Å². The number of hydrogen-bond donors (Lipinski definition) is 1. The van der Waals surface area contributed by atoms with E-state index in [2.05, 4.69) is 4.90 Å². The first-order valence-electron chi connectivity index (χ1n) is 6.51. The molecule has 3 heteroatoms. The van der Waals surface area contributed by atoms with Crippen molar-refractivity contribution in [1.29, 1.82) is 0 Å². The lowest BCUT2D eigenvalue weighted by Gasteiger charge is -2.23. The highest BCUT2D eigenvalue weighted by atomic mass is 19.1. The lowest BCUT2D eigenvalue weighted by atomic mass is 10.0. The summed E-state index contributed by atoms with van der Waals surface area (Å²) in [6.07, 6.45) is 5.27. The highest BCUT2D eigenvalue weighted by Crippen LogP contribution is 2.38. The van der Waals surface area contributed by atoms with Crippen molar-refractivity contribution in [3.63, 3.8) is 0 Å². The molecular formula is C14H19FN2. The molecule has 2 fully saturated rings. The van der Waals surface area contributed by atoms with E-state index in [-0.39, 0.29) is 5.82 Å². The summed E-state index contributed by atoms with van der Waals surface area (Å²) in [5.74, 6) is -0.156. The van der Waals surface area contributed by atoms with Crippen LogP contribution >= 0.6 is 0 Å². The quantitative estimate of drug-likeness (QED) is 0.870. The second-order valence-corrected chi connectivity index (χ2v) is 5.22. The second kappa shape index (κ2) is 4.39. The van der Waals surface area contributed by atoms with Crippen LogP contribution in [0.4, 0.5) is 4.39 Å². The van der Waals surface area contributed by atoms with Gasteiger partial charge in [0, 0.05) is 30.7 Å². The van der Waals surface area contributed by atoms with Gasteiger partial charge in [0.25, 0.3) is 0 Å². The van der Waals surface area contributed by atoms with E-state index < -0.39 is 0 Å². The molecule has 17 heavy (non-hydrogen) atoms. The van der Waals surface area contributed by atoms with Crippen LogP contribution < -0.4 is 5.73 Å². The number of fused-ring (bicyclic) bond motifs is 2. The van der Waals surface area contributed by atoms with Crippen LogP contribution in [-0.2, 0) is 13.1 Å². The normalized spacial score (nSPS) is 27.9. The summed E-state index contributed by atoms with van der Waals surface area (Å²) in [5.41, 5.74) is 7.42. The van der Waals surface area contributed by atoms with Crippen LogP contribution in [0.5, 0.6) is 0 Å². The molecule has 0 atom stereocenters. The third kappa shape index (κ3) is 1.87. The standard InChI is InChI=1S/C14H19FN2/c15-14-3-1-2-10(13(14)8-16)9-17-11-4-5-12(17)7-6-11/h1-3,11-12H,4-9,16H2. The molecule has 1 aromatic carbocycles. The van der Waals surface area contributed by atoms with Crippen molar-refractivity contribution in [2.75, 3.05) is 0 Å². The second-order valence-electron chi connectivity index (χ2n) is 5.22. The van der Waals surface area contributed by atoms with E-state index in [4.69, 9.17) is 5.73 Å². The van der Waals surface area contributed by atoms with Crippen LogP contribution in [0, 0.1) is 5.82 Å². The smallest absolute Gasteiger partial charge is 0.128 e. The Morgan fingerprint density at radius 2 is 1.82 bits per heavy atom. The van der Waals surface area contributed by atoms with Gasteiger partial charge in [0.05, 0.1) is 0 Å². The molecule has 0 aromatic heterocycles. The van der Waals surface area contributed by atoms with Gasteiger partial charge >= 0.3 is 0 Å². The molecule has 2 saturated heterocycles. The monoisotopic (exact) mass is 234 g/mol. The van der Waals surface area contributed by atoms with Crippen LogP contribution in [0.15, 0.2) is 18.2 Å². The van der Waals surface area contributed by atoms with Gasteiger partial charge in [-0.05, 0) is 37.3 Å². The number of hydrogen-bond acceptors (Lipinski definition) is 2. The van der Waals surface area contributed by atoms with E-state index in [0.29, 0.717) is 12.1 Å². The fourth-order valence-electron chi connectivity index (χ4n) is 3.45. The fraction of sp³-hybridized carbons (Fsp3) is 0.571. The van der Waals surface area contributed by atoms with Gasteiger partial charge in [-0.1, -0.05) is 12.1 Å². The average molecular weight is 234 g/mol. The molecule has 3 rings (SSSR count). The molecule has 0 saturated carbocycles. The van der Waals surface area contributed by atoms with E-state index in [9.17, 15) is 4.39 Å². The maximum absolute atomic E-state index is 13.6. The summed E-state index contributed by atoms with van der Waals surface area (Å²) in [6, 6.07) is 6.78. The van der Waals surface area contributed by atoms with Gasteiger partial charge in [-0.15, -0.1) is 0 Å². The number of rotatable bonds is 3. The van der Waals surface area contributed by atoms with Crippen molar-refractivity contribution < 1.29 is 4.39 Å². The molecule has 0 spiro atoms. The zero-order valence-electron chi connectivity index (χ0n) is 10.0. The Morgan fingerprint density at radius 1 is 1.18 bits per heavy atom. The van der Waals surface area contributed by atoms with E-state index in [0.717, 1.165) is 24.2 Å². The third-order valence-electron chi connectivity index (χ3n) is 4.38. The number of nitrogens with zero attached hydrogens (tertiary/aromatic N) is 1. The summed E-state index contributed by atoms with van der Waals surface area (Å²) < 4.78 is 13.6.